The number of ketones is 1. The minimum Gasteiger partial charge on any atom is -0.393 e. The van der Waals surface area contributed by atoms with Crippen LogP contribution in [0.15, 0.2) is 24.3 Å². The summed E-state index contributed by atoms with van der Waals surface area (Å²) >= 11 is 0. The summed E-state index contributed by atoms with van der Waals surface area (Å²) in [5, 5.41) is 9.43. The van der Waals surface area contributed by atoms with E-state index in [0.29, 0.717) is 12.0 Å². The molecule has 1 aromatic carbocycles. The summed E-state index contributed by atoms with van der Waals surface area (Å²) in [6.45, 7) is 1.92. The van der Waals surface area contributed by atoms with Gasteiger partial charge in [-0.15, -0.1) is 0 Å². The van der Waals surface area contributed by atoms with Crippen molar-refractivity contribution in [1.29, 1.82) is 0 Å². The molecule has 0 saturated carbocycles. The molecule has 1 atom stereocenters. The van der Waals surface area contributed by atoms with Gasteiger partial charge in [-0.1, -0.05) is 25.5 Å². The van der Waals surface area contributed by atoms with E-state index in [2.05, 4.69) is 0 Å². The summed E-state index contributed by atoms with van der Waals surface area (Å²) in [7, 11) is 0. The van der Waals surface area contributed by atoms with Gasteiger partial charge in [0, 0.05) is 6.42 Å². The van der Waals surface area contributed by atoms with Crippen molar-refractivity contribution in [1.82, 2.24) is 0 Å². The summed E-state index contributed by atoms with van der Waals surface area (Å²) in [5.74, 6) is -2.10. The normalized spacial score (nSPS) is 12.9. The summed E-state index contributed by atoms with van der Waals surface area (Å²) in [4.78, 5) is 11.4. The molecule has 98 valence electrons. The summed E-state index contributed by atoms with van der Waals surface area (Å²) in [6, 6.07) is 3.40. The Kier molecular flexibility index (Phi) is 5.65. The average Bonchev–Trinajstić information content (AvgIpc) is 2.31. The fourth-order valence-electron chi connectivity index (χ4n) is 1.54. The molecule has 1 N–H and O–H groups in total. The van der Waals surface area contributed by atoms with Crippen LogP contribution in [0.1, 0.15) is 31.7 Å². The molecule has 18 heavy (non-hydrogen) atoms. The van der Waals surface area contributed by atoms with Gasteiger partial charge in [0.2, 0.25) is 0 Å². The number of allylic oxidation sites excluding steroid dienone is 1. The quantitative estimate of drug-likeness (QED) is 0.792. The first-order chi connectivity index (χ1) is 8.52. The molecule has 1 unspecified atom stereocenters. The van der Waals surface area contributed by atoms with E-state index in [0.717, 1.165) is 18.6 Å². The van der Waals surface area contributed by atoms with Crippen LogP contribution in [0.2, 0.25) is 0 Å². The molecular weight excluding hydrogens is 238 g/mol. The third-order valence-corrected chi connectivity index (χ3v) is 2.46. The van der Waals surface area contributed by atoms with Crippen LogP contribution in [0.3, 0.4) is 0 Å². The number of aliphatic hydroxyl groups is 1. The van der Waals surface area contributed by atoms with Crippen LogP contribution in [0.4, 0.5) is 8.78 Å². The Bertz CT molecular complexity index is 441. The summed E-state index contributed by atoms with van der Waals surface area (Å²) < 4.78 is 25.5. The number of hydrogen-bond donors (Lipinski definition) is 1. The number of carbonyl (C=O) groups is 1. The second-order valence-electron chi connectivity index (χ2n) is 4.12. The summed E-state index contributed by atoms with van der Waals surface area (Å²) in [6.07, 6.45) is 3.46. The van der Waals surface area contributed by atoms with Crippen LogP contribution in [0.5, 0.6) is 0 Å². The van der Waals surface area contributed by atoms with Crippen molar-refractivity contribution in [3.05, 3.63) is 41.5 Å². The lowest BCUT2D eigenvalue weighted by Crippen LogP contribution is -2.11. The lowest BCUT2D eigenvalue weighted by molar-refractivity contribution is -0.116. The predicted octanol–water partition coefficient (Wildman–Crippen LogP) is 3.10. The minimum absolute atomic E-state index is 0.0496. The largest absolute Gasteiger partial charge is 0.393 e. The standard InChI is InChI=1S/C14H16F2O2/c1-2-3-11(17)9-12(18)6-4-10-5-7-13(15)14(16)8-10/h4-8,11,17H,2-3,9H2,1H3/b6-4+. The van der Waals surface area contributed by atoms with Crippen molar-refractivity contribution >= 4 is 11.9 Å². The van der Waals surface area contributed by atoms with E-state index < -0.39 is 17.7 Å². The molecule has 0 fully saturated rings. The zero-order valence-corrected chi connectivity index (χ0v) is 10.2. The second-order valence-corrected chi connectivity index (χ2v) is 4.12. The maximum Gasteiger partial charge on any atom is 0.159 e. The number of aliphatic hydroxyl groups excluding tert-OH is 1. The molecule has 0 radical (unpaired) electrons. The van der Waals surface area contributed by atoms with Crippen molar-refractivity contribution in [2.45, 2.75) is 32.3 Å². The van der Waals surface area contributed by atoms with Crippen molar-refractivity contribution < 1.29 is 18.7 Å². The van der Waals surface area contributed by atoms with Crippen LogP contribution in [0.25, 0.3) is 6.08 Å². The third kappa shape index (κ3) is 4.75. The van der Waals surface area contributed by atoms with Gasteiger partial charge in [-0.3, -0.25) is 4.79 Å². The molecule has 1 aromatic rings. The third-order valence-electron chi connectivity index (χ3n) is 2.46. The van der Waals surface area contributed by atoms with Crippen LogP contribution in [-0.4, -0.2) is 17.0 Å². The maximum atomic E-state index is 12.9. The van der Waals surface area contributed by atoms with Gasteiger partial charge in [-0.05, 0) is 30.2 Å². The molecule has 0 bridgehead atoms. The molecule has 0 amide bonds. The fraction of sp³-hybridized carbons (Fsp3) is 0.357. The molecule has 0 heterocycles. The highest BCUT2D eigenvalue weighted by Gasteiger charge is 2.07. The fourth-order valence-corrected chi connectivity index (χ4v) is 1.54. The maximum absolute atomic E-state index is 12.9. The van der Waals surface area contributed by atoms with Gasteiger partial charge < -0.3 is 5.11 Å². The highest BCUT2D eigenvalue weighted by atomic mass is 19.2. The number of halogens is 2. The van der Waals surface area contributed by atoms with Crippen molar-refractivity contribution in [3.63, 3.8) is 0 Å². The van der Waals surface area contributed by atoms with Crippen LogP contribution < -0.4 is 0 Å². The lowest BCUT2D eigenvalue weighted by atomic mass is 10.1. The molecule has 0 aliphatic carbocycles. The highest BCUT2D eigenvalue weighted by Crippen LogP contribution is 2.10. The first-order valence-corrected chi connectivity index (χ1v) is 5.87. The highest BCUT2D eigenvalue weighted by molar-refractivity contribution is 5.93. The first kappa shape index (κ1) is 14.5. The van der Waals surface area contributed by atoms with E-state index in [1.807, 2.05) is 6.92 Å². The molecular formula is C14H16F2O2. The predicted molar refractivity (Wildman–Crippen MR) is 65.9 cm³/mol. The van der Waals surface area contributed by atoms with Crippen LogP contribution in [-0.2, 0) is 4.79 Å². The molecule has 0 aliphatic heterocycles. The molecule has 0 aromatic heterocycles. The Morgan fingerprint density at radius 1 is 1.39 bits per heavy atom. The van der Waals surface area contributed by atoms with Crippen LogP contribution in [0, 0.1) is 11.6 Å². The first-order valence-electron chi connectivity index (χ1n) is 5.87. The smallest absolute Gasteiger partial charge is 0.159 e. The van der Waals surface area contributed by atoms with Gasteiger partial charge in [-0.2, -0.15) is 0 Å². The zero-order chi connectivity index (χ0) is 13.5. The topological polar surface area (TPSA) is 37.3 Å². The Morgan fingerprint density at radius 3 is 2.72 bits per heavy atom. The second kappa shape index (κ2) is 7.01. The Hall–Kier alpha value is -1.55. The number of hydrogen-bond acceptors (Lipinski definition) is 2. The molecule has 0 spiro atoms. The van der Waals surface area contributed by atoms with E-state index >= 15 is 0 Å². The monoisotopic (exact) mass is 254 g/mol. The van der Waals surface area contributed by atoms with Crippen molar-refractivity contribution in [2.24, 2.45) is 0 Å². The van der Waals surface area contributed by atoms with E-state index in [1.54, 1.807) is 0 Å². The van der Waals surface area contributed by atoms with Gasteiger partial charge >= 0.3 is 0 Å². The molecule has 0 saturated heterocycles. The average molecular weight is 254 g/mol. The molecule has 0 aliphatic rings. The Balaban J connectivity index is 2.58. The van der Waals surface area contributed by atoms with E-state index in [4.69, 9.17) is 0 Å². The van der Waals surface area contributed by atoms with Gasteiger partial charge in [-0.25, -0.2) is 8.78 Å². The molecule has 1 rings (SSSR count). The van der Waals surface area contributed by atoms with E-state index in [1.165, 1.54) is 18.2 Å². The van der Waals surface area contributed by atoms with Gasteiger partial charge in [0.25, 0.3) is 0 Å². The lowest BCUT2D eigenvalue weighted by Gasteiger charge is -2.05. The number of benzene rings is 1. The van der Waals surface area contributed by atoms with Crippen LogP contribution >= 0.6 is 0 Å². The van der Waals surface area contributed by atoms with Crippen molar-refractivity contribution in [3.8, 4) is 0 Å². The Labute approximate surface area is 105 Å². The minimum atomic E-state index is -0.949. The molecule has 4 heteroatoms. The summed E-state index contributed by atoms with van der Waals surface area (Å²) in [5.41, 5.74) is 0.409. The van der Waals surface area contributed by atoms with E-state index in [9.17, 15) is 18.7 Å². The van der Waals surface area contributed by atoms with Crippen molar-refractivity contribution in [2.75, 3.05) is 0 Å². The van der Waals surface area contributed by atoms with Gasteiger partial charge in [0.05, 0.1) is 6.10 Å². The SMILES string of the molecule is CCCC(O)CC(=O)/C=C/c1ccc(F)c(F)c1. The Morgan fingerprint density at radius 2 is 2.11 bits per heavy atom. The van der Waals surface area contributed by atoms with E-state index in [-0.39, 0.29) is 12.2 Å². The number of carbonyl (C=O) groups excluding carboxylic acids is 1. The van der Waals surface area contributed by atoms with Gasteiger partial charge in [0.1, 0.15) is 0 Å². The molecule has 2 nitrogen and oxygen atoms in total. The number of rotatable bonds is 6. The zero-order valence-electron chi connectivity index (χ0n) is 10.2. The van der Waals surface area contributed by atoms with Gasteiger partial charge in [0.15, 0.2) is 17.4 Å².